The van der Waals surface area contributed by atoms with Crippen molar-refractivity contribution in [2.45, 2.75) is 53.4 Å². The Hall–Kier alpha value is -0.850. The first-order chi connectivity index (χ1) is 7.52. The number of rotatable bonds is 5. The Kier molecular flexibility index (Phi) is 4.52. The van der Waals surface area contributed by atoms with Gasteiger partial charge in [0.1, 0.15) is 6.29 Å². The first-order valence-electron chi connectivity index (χ1n) is 6.33. The molecule has 1 unspecified atom stereocenters. The molecule has 1 nitrogen and oxygen atoms in total. The minimum atomic E-state index is 0.302. The highest BCUT2D eigenvalue weighted by Crippen LogP contribution is 2.44. The predicted octanol–water partition coefficient (Wildman–Crippen LogP) is 4.29. The van der Waals surface area contributed by atoms with Crippen molar-refractivity contribution in [2.24, 2.45) is 11.3 Å². The zero-order valence-corrected chi connectivity index (χ0v) is 11.0. The summed E-state index contributed by atoms with van der Waals surface area (Å²) in [5, 5.41) is 0. The molecule has 0 amide bonds. The Bertz CT molecular complexity index is 307. The molecule has 0 aromatic rings. The van der Waals surface area contributed by atoms with Crippen LogP contribution in [0.1, 0.15) is 53.4 Å². The van der Waals surface area contributed by atoms with Gasteiger partial charge in [0, 0.05) is 0 Å². The first-order valence-corrected chi connectivity index (χ1v) is 6.33. The van der Waals surface area contributed by atoms with Crippen molar-refractivity contribution in [1.82, 2.24) is 0 Å². The van der Waals surface area contributed by atoms with E-state index in [2.05, 4.69) is 39.8 Å². The maximum absolute atomic E-state index is 10.8. The van der Waals surface area contributed by atoms with E-state index in [-0.39, 0.29) is 0 Å². The number of allylic oxidation sites excluding steroid dienone is 4. The lowest BCUT2D eigenvalue weighted by Crippen LogP contribution is -2.19. The van der Waals surface area contributed by atoms with Crippen molar-refractivity contribution >= 4 is 6.29 Å². The molecule has 1 aliphatic carbocycles. The molecule has 1 aliphatic rings. The van der Waals surface area contributed by atoms with Crippen molar-refractivity contribution in [3.05, 3.63) is 23.3 Å². The van der Waals surface area contributed by atoms with E-state index in [1.54, 1.807) is 0 Å². The second-order valence-corrected chi connectivity index (χ2v) is 5.42. The number of carbonyl (C=O) groups is 1. The van der Waals surface area contributed by atoms with Crippen LogP contribution in [0.4, 0.5) is 0 Å². The van der Waals surface area contributed by atoms with Crippen molar-refractivity contribution in [3.63, 3.8) is 0 Å². The summed E-state index contributed by atoms with van der Waals surface area (Å²) < 4.78 is 0. The van der Waals surface area contributed by atoms with Gasteiger partial charge in [-0.2, -0.15) is 0 Å². The maximum atomic E-state index is 10.8. The second-order valence-electron chi connectivity index (χ2n) is 5.42. The van der Waals surface area contributed by atoms with E-state index in [4.69, 9.17) is 0 Å². The summed E-state index contributed by atoms with van der Waals surface area (Å²) in [6.45, 7) is 8.95. The van der Waals surface area contributed by atoms with Gasteiger partial charge >= 0.3 is 0 Å². The largest absolute Gasteiger partial charge is 0.298 e. The predicted molar refractivity (Wildman–Crippen MR) is 69.3 cm³/mol. The van der Waals surface area contributed by atoms with E-state index >= 15 is 0 Å². The molecule has 0 fully saturated rings. The molecule has 0 aliphatic heterocycles. The van der Waals surface area contributed by atoms with E-state index in [0.717, 1.165) is 37.5 Å². The molecule has 1 rings (SSSR count). The third-order valence-corrected chi connectivity index (χ3v) is 4.10. The summed E-state index contributed by atoms with van der Waals surface area (Å²) in [5.41, 5.74) is 2.77. The molecule has 0 radical (unpaired) electrons. The Morgan fingerprint density at radius 2 is 2.25 bits per heavy atom. The molecule has 1 heteroatoms. The molecule has 90 valence electrons. The standard InChI is InChI=1S/C15H24O/c1-5-6-13(11-16)8-10-14-9-7-12(2)15(14,3)4/h7-8,11,14H,5-6,9-10H2,1-4H3/b13-8+. The molecule has 16 heavy (non-hydrogen) atoms. The third kappa shape index (κ3) is 2.84. The van der Waals surface area contributed by atoms with Gasteiger partial charge in [-0.15, -0.1) is 0 Å². The quantitative estimate of drug-likeness (QED) is 0.383. The normalized spacial score (nSPS) is 24.4. The monoisotopic (exact) mass is 220 g/mol. The molecular formula is C15H24O. The fourth-order valence-corrected chi connectivity index (χ4v) is 2.38. The molecule has 0 aromatic heterocycles. The Labute approximate surface area is 99.6 Å². The van der Waals surface area contributed by atoms with Crippen LogP contribution in [0.5, 0.6) is 0 Å². The molecule has 1 atom stereocenters. The SMILES string of the molecule is CCC/C(C=O)=C\CC1CC=C(C)C1(C)C. The van der Waals surface area contributed by atoms with Crippen LogP contribution in [0.3, 0.4) is 0 Å². The smallest absolute Gasteiger partial charge is 0.145 e. The highest BCUT2D eigenvalue weighted by molar-refractivity contribution is 5.72. The third-order valence-electron chi connectivity index (χ3n) is 4.10. The molecule has 0 heterocycles. The van der Waals surface area contributed by atoms with Crippen LogP contribution in [-0.2, 0) is 4.79 Å². The van der Waals surface area contributed by atoms with Crippen LogP contribution in [0.2, 0.25) is 0 Å². The summed E-state index contributed by atoms with van der Waals surface area (Å²) in [4.78, 5) is 10.8. The van der Waals surface area contributed by atoms with Gasteiger partial charge in [-0.05, 0) is 43.1 Å². The number of aldehydes is 1. The lowest BCUT2D eigenvalue weighted by atomic mass is 9.76. The summed E-state index contributed by atoms with van der Waals surface area (Å²) in [6, 6.07) is 0. The molecule has 0 N–H and O–H groups in total. The van der Waals surface area contributed by atoms with Crippen LogP contribution in [0.25, 0.3) is 0 Å². The van der Waals surface area contributed by atoms with E-state index in [0.29, 0.717) is 11.3 Å². The van der Waals surface area contributed by atoms with Crippen molar-refractivity contribution in [2.75, 3.05) is 0 Å². The van der Waals surface area contributed by atoms with Crippen molar-refractivity contribution in [1.29, 1.82) is 0 Å². The zero-order chi connectivity index (χ0) is 12.2. The summed E-state index contributed by atoms with van der Waals surface area (Å²) in [6.07, 6.45) is 9.68. The van der Waals surface area contributed by atoms with E-state index in [9.17, 15) is 4.79 Å². The van der Waals surface area contributed by atoms with Crippen LogP contribution in [-0.4, -0.2) is 6.29 Å². The Morgan fingerprint density at radius 3 is 2.69 bits per heavy atom. The first kappa shape index (κ1) is 13.2. The van der Waals surface area contributed by atoms with Crippen LogP contribution in [0.15, 0.2) is 23.3 Å². The molecule has 0 saturated heterocycles. The summed E-state index contributed by atoms with van der Waals surface area (Å²) in [5.74, 6) is 0.666. The minimum absolute atomic E-state index is 0.302. The van der Waals surface area contributed by atoms with Gasteiger partial charge in [0.2, 0.25) is 0 Å². The number of carbonyl (C=O) groups excluding carboxylic acids is 1. The van der Waals surface area contributed by atoms with Crippen LogP contribution in [0, 0.1) is 11.3 Å². The van der Waals surface area contributed by atoms with Gasteiger partial charge in [-0.1, -0.05) is 44.9 Å². The average molecular weight is 220 g/mol. The molecular weight excluding hydrogens is 196 g/mol. The van der Waals surface area contributed by atoms with Crippen LogP contribution >= 0.6 is 0 Å². The van der Waals surface area contributed by atoms with Crippen molar-refractivity contribution in [3.8, 4) is 0 Å². The van der Waals surface area contributed by atoms with Crippen LogP contribution < -0.4 is 0 Å². The highest BCUT2D eigenvalue weighted by Gasteiger charge is 2.33. The lowest BCUT2D eigenvalue weighted by molar-refractivity contribution is -0.105. The number of hydrogen-bond acceptors (Lipinski definition) is 1. The highest BCUT2D eigenvalue weighted by atomic mass is 16.1. The minimum Gasteiger partial charge on any atom is -0.298 e. The average Bonchev–Trinajstić information content (AvgIpc) is 2.50. The topological polar surface area (TPSA) is 17.1 Å². The zero-order valence-electron chi connectivity index (χ0n) is 11.0. The second kappa shape index (κ2) is 5.47. The number of hydrogen-bond donors (Lipinski definition) is 0. The fourth-order valence-electron chi connectivity index (χ4n) is 2.38. The van der Waals surface area contributed by atoms with E-state index in [1.807, 2.05) is 0 Å². The van der Waals surface area contributed by atoms with E-state index in [1.165, 1.54) is 5.57 Å². The van der Waals surface area contributed by atoms with Gasteiger partial charge in [0.25, 0.3) is 0 Å². The summed E-state index contributed by atoms with van der Waals surface area (Å²) >= 11 is 0. The summed E-state index contributed by atoms with van der Waals surface area (Å²) in [7, 11) is 0. The van der Waals surface area contributed by atoms with Gasteiger partial charge in [0.05, 0.1) is 0 Å². The van der Waals surface area contributed by atoms with Gasteiger partial charge in [0.15, 0.2) is 0 Å². The molecule has 0 bridgehead atoms. The van der Waals surface area contributed by atoms with Gasteiger partial charge in [-0.3, -0.25) is 4.79 Å². The lowest BCUT2D eigenvalue weighted by Gasteiger charge is -2.29. The Morgan fingerprint density at radius 1 is 1.56 bits per heavy atom. The molecule has 0 saturated carbocycles. The molecule has 0 aromatic carbocycles. The van der Waals surface area contributed by atoms with Gasteiger partial charge in [-0.25, -0.2) is 0 Å². The van der Waals surface area contributed by atoms with E-state index < -0.39 is 0 Å². The van der Waals surface area contributed by atoms with Crippen molar-refractivity contribution < 1.29 is 4.79 Å². The molecule has 0 spiro atoms. The fraction of sp³-hybridized carbons (Fsp3) is 0.667. The Balaban J connectivity index is 2.60. The van der Waals surface area contributed by atoms with Gasteiger partial charge < -0.3 is 0 Å². The maximum Gasteiger partial charge on any atom is 0.145 e.